The summed E-state index contributed by atoms with van der Waals surface area (Å²) in [6.07, 6.45) is 0. The minimum Gasteiger partial charge on any atom is -0.497 e. The van der Waals surface area contributed by atoms with Crippen LogP contribution in [-0.2, 0) is 0 Å². The van der Waals surface area contributed by atoms with Crippen molar-refractivity contribution < 1.29 is 9.47 Å². The fraction of sp³-hybridized carbons (Fsp3) is 0.100. The largest absolute Gasteiger partial charge is 0.497 e. The minimum absolute atomic E-state index is 0.0685. The predicted octanol–water partition coefficient (Wildman–Crippen LogP) is 3.30. The van der Waals surface area contributed by atoms with Crippen LogP contribution in [0.3, 0.4) is 0 Å². The summed E-state index contributed by atoms with van der Waals surface area (Å²) in [5.41, 5.74) is 8.83. The number of aromatic amines is 1. The highest BCUT2D eigenvalue weighted by Gasteiger charge is 2.34. The van der Waals surface area contributed by atoms with Gasteiger partial charge in [0.1, 0.15) is 23.2 Å². The molecule has 128 valence electrons. The molecule has 0 fully saturated rings. The number of aromatic nitrogens is 2. The van der Waals surface area contributed by atoms with Crippen LogP contribution in [0.2, 0.25) is 0 Å². The molecule has 0 radical (unpaired) electrons. The quantitative estimate of drug-likeness (QED) is 0.760. The average molecular weight is 344 g/mol. The molecule has 26 heavy (non-hydrogen) atoms. The van der Waals surface area contributed by atoms with E-state index in [4.69, 9.17) is 15.2 Å². The second-order valence-corrected chi connectivity index (χ2v) is 5.87. The first kappa shape index (κ1) is 15.8. The number of nitriles is 1. The van der Waals surface area contributed by atoms with Gasteiger partial charge < -0.3 is 20.2 Å². The maximum Gasteiger partial charge on any atom is 0.243 e. The van der Waals surface area contributed by atoms with E-state index in [0.717, 1.165) is 11.1 Å². The second kappa shape index (κ2) is 6.30. The van der Waals surface area contributed by atoms with Crippen LogP contribution in [0.15, 0.2) is 66.1 Å². The number of hydrogen-bond acceptors (Lipinski definition) is 5. The summed E-state index contributed by atoms with van der Waals surface area (Å²) in [4.78, 5) is 7.83. The van der Waals surface area contributed by atoms with Crippen molar-refractivity contribution in [3.05, 3.63) is 77.3 Å². The summed E-state index contributed by atoms with van der Waals surface area (Å²) in [7, 11) is 1.60. The van der Waals surface area contributed by atoms with E-state index in [9.17, 15) is 5.26 Å². The van der Waals surface area contributed by atoms with E-state index in [2.05, 4.69) is 16.0 Å². The second-order valence-electron chi connectivity index (χ2n) is 5.87. The summed E-state index contributed by atoms with van der Waals surface area (Å²) in [5, 5.41) is 9.64. The van der Waals surface area contributed by atoms with Gasteiger partial charge in [-0.3, -0.25) is 0 Å². The number of ether oxygens (including phenoxy) is 2. The number of nitrogens with one attached hydrogen (secondary N) is 1. The van der Waals surface area contributed by atoms with Crippen molar-refractivity contribution >= 4 is 0 Å². The third-order valence-corrected chi connectivity index (χ3v) is 4.34. The van der Waals surface area contributed by atoms with Crippen molar-refractivity contribution in [1.29, 1.82) is 5.26 Å². The molecule has 0 amide bonds. The van der Waals surface area contributed by atoms with Crippen molar-refractivity contribution in [2.24, 2.45) is 5.73 Å². The maximum atomic E-state index is 9.64. The number of hydrogen-bond donors (Lipinski definition) is 2. The third-order valence-electron chi connectivity index (χ3n) is 4.34. The molecule has 0 saturated carbocycles. The molecule has 3 aromatic rings. The van der Waals surface area contributed by atoms with Gasteiger partial charge in [0, 0.05) is 5.56 Å². The lowest BCUT2D eigenvalue weighted by Crippen LogP contribution is -2.21. The molecule has 3 N–H and O–H groups in total. The van der Waals surface area contributed by atoms with E-state index in [1.54, 1.807) is 7.11 Å². The summed E-state index contributed by atoms with van der Waals surface area (Å²) in [6.45, 7) is 0. The Morgan fingerprint density at radius 2 is 2.00 bits per heavy atom. The van der Waals surface area contributed by atoms with E-state index < -0.39 is 5.92 Å². The van der Waals surface area contributed by atoms with E-state index in [1.807, 2.05) is 54.6 Å². The lowest BCUT2D eigenvalue weighted by atomic mass is 9.88. The summed E-state index contributed by atoms with van der Waals surface area (Å²) >= 11 is 0. The van der Waals surface area contributed by atoms with E-state index in [-0.39, 0.29) is 5.88 Å². The molecule has 0 aliphatic carbocycles. The first-order valence-corrected chi connectivity index (χ1v) is 8.08. The zero-order chi connectivity index (χ0) is 18.1. The molecule has 0 spiro atoms. The Balaban J connectivity index is 1.87. The number of imidazole rings is 1. The molecule has 0 saturated heterocycles. The van der Waals surface area contributed by atoms with Crippen LogP contribution in [0.25, 0.3) is 11.4 Å². The molecule has 2 aromatic carbocycles. The predicted molar refractivity (Wildman–Crippen MR) is 96.3 cm³/mol. The molecule has 0 bridgehead atoms. The highest BCUT2D eigenvalue weighted by Crippen LogP contribution is 2.42. The van der Waals surface area contributed by atoms with Gasteiger partial charge in [-0.2, -0.15) is 10.2 Å². The Morgan fingerprint density at radius 3 is 2.73 bits per heavy atom. The minimum atomic E-state index is -0.399. The third kappa shape index (κ3) is 2.56. The Labute approximate surface area is 150 Å². The van der Waals surface area contributed by atoms with Crippen LogP contribution >= 0.6 is 0 Å². The molecular formula is C20H16N4O2. The molecular weight excluding hydrogens is 328 g/mol. The molecule has 1 aliphatic heterocycles. The molecule has 1 aliphatic rings. The molecule has 1 atom stereocenters. The normalized spacial score (nSPS) is 15.8. The standard InChI is InChI=1S/C20H16N4O2/c1-25-14-9-5-8-13(10-14)16-15(11-21)18(22)26-20-17(16)23-19(24-20)12-6-3-2-4-7-12/h2-10,16H,22H2,1H3,(H,23,24)/t16-/m0/s1. The molecule has 4 rings (SSSR count). The number of methoxy groups -OCH3 is 1. The topological polar surface area (TPSA) is 96.9 Å². The van der Waals surface area contributed by atoms with Gasteiger partial charge >= 0.3 is 0 Å². The fourth-order valence-corrected chi connectivity index (χ4v) is 3.10. The van der Waals surface area contributed by atoms with Gasteiger partial charge in [0.05, 0.1) is 18.7 Å². The first-order chi connectivity index (χ1) is 12.7. The average Bonchev–Trinajstić information content (AvgIpc) is 3.11. The number of nitrogens with two attached hydrogens (primary N) is 1. The van der Waals surface area contributed by atoms with Crippen LogP contribution in [0.5, 0.6) is 11.6 Å². The summed E-state index contributed by atoms with van der Waals surface area (Å²) in [6, 6.07) is 19.4. The van der Waals surface area contributed by atoms with Gasteiger partial charge in [-0.25, -0.2) is 0 Å². The molecule has 2 heterocycles. The zero-order valence-electron chi connectivity index (χ0n) is 14.1. The molecule has 6 nitrogen and oxygen atoms in total. The SMILES string of the molecule is COc1cccc([C@H]2C(C#N)=C(N)Oc3nc(-c4ccccc4)[nH]c32)c1. The van der Waals surface area contributed by atoms with Crippen molar-refractivity contribution in [3.8, 4) is 29.1 Å². The number of fused-ring (bicyclic) bond motifs is 1. The number of H-pyrrole nitrogens is 1. The molecule has 0 unspecified atom stereocenters. The fourth-order valence-electron chi connectivity index (χ4n) is 3.10. The van der Waals surface area contributed by atoms with E-state index in [0.29, 0.717) is 28.7 Å². The van der Waals surface area contributed by atoms with Crippen molar-refractivity contribution in [2.75, 3.05) is 7.11 Å². The summed E-state index contributed by atoms with van der Waals surface area (Å²) < 4.78 is 10.9. The lowest BCUT2D eigenvalue weighted by Gasteiger charge is -2.22. The van der Waals surface area contributed by atoms with Crippen LogP contribution in [-0.4, -0.2) is 17.1 Å². The Kier molecular flexibility index (Phi) is 3.82. The Bertz CT molecular complexity index is 1030. The Morgan fingerprint density at radius 1 is 1.19 bits per heavy atom. The first-order valence-electron chi connectivity index (χ1n) is 8.08. The summed E-state index contributed by atoms with van der Waals surface area (Å²) in [5.74, 6) is 1.42. The smallest absolute Gasteiger partial charge is 0.243 e. The lowest BCUT2D eigenvalue weighted by molar-refractivity contribution is 0.379. The number of rotatable bonds is 3. The van der Waals surface area contributed by atoms with Crippen molar-refractivity contribution in [2.45, 2.75) is 5.92 Å². The number of nitrogens with zero attached hydrogens (tertiary/aromatic N) is 2. The van der Waals surface area contributed by atoms with Crippen LogP contribution in [0.4, 0.5) is 0 Å². The van der Waals surface area contributed by atoms with Gasteiger partial charge in [-0.05, 0) is 17.7 Å². The van der Waals surface area contributed by atoms with Gasteiger partial charge in [0.25, 0.3) is 0 Å². The van der Waals surface area contributed by atoms with E-state index in [1.165, 1.54) is 0 Å². The van der Waals surface area contributed by atoms with Crippen molar-refractivity contribution in [1.82, 2.24) is 9.97 Å². The number of benzene rings is 2. The van der Waals surface area contributed by atoms with Gasteiger partial charge in [-0.1, -0.05) is 42.5 Å². The van der Waals surface area contributed by atoms with Crippen molar-refractivity contribution in [3.63, 3.8) is 0 Å². The highest BCUT2D eigenvalue weighted by molar-refractivity contribution is 5.60. The molecule has 1 aromatic heterocycles. The molecule has 6 heteroatoms. The number of allylic oxidation sites excluding steroid dienone is 1. The van der Waals surface area contributed by atoms with Crippen LogP contribution in [0.1, 0.15) is 17.2 Å². The van der Waals surface area contributed by atoms with Crippen LogP contribution in [0, 0.1) is 11.3 Å². The van der Waals surface area contributed by atoms with Gasteiger partial charge in [0.15, 0.2) is 0 Å². The zero-order valence-corrected chi connectivity index (χ0v) is 14.1. The maximum absolute atomic E-state index is 9.64. The van der Waals surface area contributed by atoms with Gasteiger partial charge in [-0.15, -0.1) is 0 Å². The van der Waals surface area contributed by atoms with Crippen LogP contribution < -0.4 is 15.2 Å². The Hall–Kier alpha value is -3.72. The highest BCUT2D eigenvalue weighted by atomic mass is 16.5. The van der Waals surface area contributed by atoms with Gasteiger partial charge in [0.2, 0.25) is 11.8 Å². The van der Waals surface area contributed by atoms with E-state index >= 15 is 0 Å². The monoisotopic (exact) mass is 344 g/mol.